The zero-order chi connectivity index (χ0) is 13.6. The highest BCUT2D eigenvalue weighted by molar-refractivity contribution is 7.13. The smallest absolute Gasteiger partial charge is 0.227 e. The average Bonchev–Trinajstić information content (AvgIpc) is 3.15. The van der Waals surface area contributed by atoms with E-state index in [-0.39, 0.29) is 0 Å². The van der Waals surface area contributed by atoms with Crippen molar-refractivity contribution in [1.29, 1.82) is 0 Å². The highest BCUT2D eigenvalue weighted by atomic mass is 32.1. The summed E-state index contributed by atoms with van der Waals surface area (Å²) >= 11 is 1.62. The predicted octanol–water partition coefficient (Wildman–Crippen LogP) is 3.84. The average molecular weight is 285 g/mol. The summed E-state index contributed by atoms with van der Waals surface area (Å²) in [5.41, 5.74) is 1.14. The van der Waals surface area contributed by atoms with Gasteiger partial charge < -0.3 is 9.84 Å². The van der Waals surface area contributed by atoms with E-state index in [1.165, 1.54) is 0 Å². The van der Waals surface area contributed by atoms with Crippen molar-refractivity contribution >= 4 is 17.0 Å². The molecule has 3 rings (SSSR count). The highest BCUT2D eigenvalue weighted by Crippen LogP contribution is 2.21. The molecular formula is C15H15N3OS. The third-order valence-electron chi connectivity index (χ3n) is 2.88. The fourth-order valence-electron chi connectivity index (χ4n) is 1.89. The first-order chi connectivity index (χ1) is 9.92. The van der Waals surface area contributed by atoms with Gasteiger partial charge in [0, 0.05) is 18.7 Å². The molecule has 5 heteroatoms. The molecule has 1 N–H and O–H groups in total. The van der Waals surface area contributed by atoms with Crippen molar-refractivity contribution in [3.05, 3.63) is 53.7 Å². The number of hydrogen-bond donors (Lipinski definition) is 1. The fourth-order valence-corrected chi connectivity index (χ4v) is 2.54. The van der Waals surface area contributed by atoms with Gasteiger partial charge in [0.15, 0.2) is 0 Å². The number of para-hydroxylation sites is 1. The largest absolute Gasteiger partial charge is 0.385 e. The Morgan fingerprint density at radius 1 is 1.10 bits per heavy atom. The number of nitrogens with one attached hydrogen (secondary N) is 1. The second-order valence-corrected chi connectivity index (χ2v) is 5.33. The second-order valence-electron chi connectivity index (χ2n) is 4.39. The molecule has 2 aromatic heterocycles. The number of aryl methyl sites for hydroxylation is 1. The van der Waals surface area contributed by atoms with E-state index in [4.69, 9.17) is 4.52 Å². The first-order valence-electron chi connectivity index (χ1n) is 6.57. The second kappa shape index (κ2) is 6.34. The first kappa shape index (κ1) is 12.9. The van der Waals surface area contributed by atoms with Crippen molar-refractivity contribution in [2.45, 2.75) is 12.8 Å². The normalized spacial score (nSPS) is 10.6. The molecule has 0 aliphatic heterocycles. The van der Waals surface area contributed by atoms with Crippen molar-refractivity contribution in [3.63, 3.8) is 0 Å². The van der Waals surface area contributed by atoms with Crippen LogP contribution in [0.1, 0.15) is 12.3 Å². The van der Waals surface area contributed by atoms with Gasteiger partial charge >= 0.3 is 0 Å². The van der Waals surface area contributed by atoms with E-state index in [0.717, 1.165) is 30.0 Å². The fraction of sp³-hybridized carbons (Fsp3) is 0.200. The standard InChI is InChI=1S/C15H15N3OS/c1-2-6-12(7-3-1)16-10-4-9-14-17-15(18-19-14)13-8-5-11-20-13/h1-3,5-8,11,16H,4,9-10H2. The summed E-state index contributed by atoms with van der Waals surface area (Å²) in [6.07, 6.45) is 1.75. The molecule has 0 atom stereocenters. The Kier molecular flexibility index (Phi) is 4.08. The summed E-state index contributed by atoms with van der Waals surface area (Å²) < 4.78 is 5.26. The van der Waals surface area contributed by atoms with Crippen molar-refractivity contribution in [2.75, 3.05) is 11.9 Å². The Balaban J connectivity index is 1.47. The molecule has 0 amide bonds. The molecule has 0 saturated heterocycles. The zero-order valence-corrected chi connectivity index (χ0v) is 11.8. The van der Waals surface area contributed by atoms with Crippen LogP contribution in [0.5, 0.6) is 0 Å². The van der Waals surface area contributed by atoms with Crippen LogP contribution in [0.3, 0.4) is 0 Å². The van der Waals surface area contributed by atoms with Gasteiger partial charge in [-0.15, -0.1) is 11.3 Å². The van der Waals surface area contributed by atoms with Crippen LogP contribution in [-0.2, 0) is 6.42 Å². The molecule has 4 nitrogen and oxygen atoms in total. The molecule has 1 aromatic carbocycles. The molecule has 2 heterocycles. The first-order valence-corrected chi connectivity index (χ1v) is 7.45. The maximum atomic E-state index is 5.26. The summed E-state index contributed by atoms with van der Waals surface area (Å²) in [4.78, 5) is 5.45. The molecule has 0 fully saturated rings. The van der Waals surface area contributed by atoms with E-state index in [1.807, 2.05) is 35.7 Å². The van der Waals surface area contributed by atoms with Crippen LogP contribution in [-0.4, -0.2) is 16.7 Å². The number of benzene rings is 1. The minimum absolute atomic E-state index is 0.686. The van der Waals surface area contributed by atoms with Crippen LogP contribution in [0.2, 0.25) is 0 Å². The molecular weight excluding hydrogens is 270 g/mol. The SMILES string of the molecule is c1ccc(NCCCc2nc(-c3cccs3)no2)cc1. The zero-order valence-electron chi connectivity index (χ0n) is 11.0. The lowest BCUT2D eigenvalue weighted by molar-refractivity contribution is 0.377. The summed E-state index contributed by atoms with van der Waals surface area (Å²) in [6, 6.07) is 14.1. The Labute approximate surface area is 121 Å². The lowest BCUT2D eigenvalue weighted by Crippen LogP contribution is -2.02. The Morgan fingerprint density at radius 3 is 2.80 bits per heavy atom. The molecule has 3 aromatic rings. The molecule has 0 spiro atoms. The molecule has 0 saturated carbocycles. The number of anilines is 1. The van der Waals surface area contributed by atoms with Crippen LogP contribution in [0.4, 0.5) is 5.69 Å². The van der Waals surface area contributed by atoms with Gasteiger partial charge in [-0.3, -0.25) is 0 Å². The molecule has 0 unspecified atom stereocenters. The van der Waals surface area contributed by atoms with E-state index in [2.05, 4.69) is 27.6 Å². The van der Waals surface area contributed by atoms with Gasteiger partial charge in [-0.05, 0) is 30.0 Å². The molecule has 0 aliphatic rings. The number of rotatable bonds is 6. The van der Waals surface area contributed by atoms with Gasteiger partial charge in [0.25, 0.3) is 0 Å². The maximum absolute atomic E-state index is 5.26. The topological polar surface area (TPSA) is 51.0 Å². The highest BCUT2D eigenvalue weighted by Gasteiger charge is 2.08. The van der Waals surface area contributed by atoms with Gasteiger partial charge in [0.1, 0.15) is 0 Å². The van der Waals surface area contributed by atoms with E-state index < -0.39 is 0 Å². The van der Waals surface area contributed by atoms with Crippen molar-refractivity contribution in [2.24, 2.45) is 0 Å². The van der Waals surface area contributed by atoms with Crippen molar-refractivity contribution < 1.29 is 4.52 Å². The monoisotopic (exact) mass is 285 g/mol. The van der Waals surface area contributed by atoms with Crippen LogP contribution < -0.4 is 5.32 Å². The number of thiophene rings is 1. The van der Waals surface area contributed by atoms with Crippen molar-refractivity contribution in [3.8, 4) is 10.7 Å². The van der Waals surface area contributed by atoms with Gasteiger partial charge in [-0.2, -0.15) is 4.98 Å². The molecule has 102 valence electrons. The lowest BCUT2D eigenvalue weighted by atomic mass is 10.3. The summed E-state index contributed by atoms with van der Waals surface area (Å²) in [5.74, 6) is 1.38. The van der Waals surface area contributed by atoms with Crippen molar-refractivity contribution in [1.82, 2.24) is 10.1 Å². The maximum Gasteiger partial charge on any atom is 0.227 e. The minimum Gasteiger partial charge on any atom is -0.385 e. The van der Waals surface area contributed by atoms with E-state index >= 15 is 0 Å². The van der Waals surface area contributed by atoms with Gasteiger partial charge in [0.2, 0.25) is 11.7 Å². The Hall–Kier alpha value is -2.14. The van der Waals surface area contributed by atoms with Crippen LogP contribution in [0.25, 0.3) is 10.7 Å². The Bertz CT molecular complexity index is 634. The van der Waals surface area contributed by atoms with E-state index in [9.17, 15) is 0 Å². The molecule has 0 bridgehead atoms. The third kappa shape index (κ3) is 3.24. The number of nitrogens with zero attached hydrogens (tertiary/aromatic N) is 2. The lowest BCUT2D eigenvalue weighted by Gasteiger charge is -2.03. The van der Waals surface area contributed by atoms with Crippen LogP contribution in [0, 0.1) is 0 Å². The van der Waals surface area contributed by atoms with Crippen LogP contribution >= 0.6 is 11.3 Å². The van der Waals surface area contributed by atoms with E-state index in [0.29, 0.717) is 11.7 Å². The van der Waals surface area contributed by atoms with Gasteiger partial charge in [-0.1, -0.05) is 29.4 Å². The van der Waals surface area contributed by atoms with Crippen LogP contribution in [0.15, 0.2) is 52.4 Å². The van der Waals surface area contributed by atoms with Gasteiger partial charge in [-0.25, -0.2) is 0 Å². The predicted molar refractivity (Wildman–Crippen MR) is 80.9 cm³/mol. The molecule has 0 radical (unpaired) electrons. The minimum atomic E-state index is 0.686. The summed E-state index contributed by atoms with van der Waals surface area (Å²) in [5, 5.41) is 9.37. The quantitative estimate of drug-likeness (QED) is 0.699. The summed E-state index contributed by atoms with van der Waals surface area (Å²) in [7, 11) is 0. The van der Waals surface area contributed by atoms with E-state index in [1.54, 1.807) is 11.3 Å². The number of aromatic nitrogens is 2. The number of hydrogen-bond acceptors (Lipinski definition) is 5. The molecule has 0 aliphatic carbocycles. The van der Waals surface area contributed by atoms with Gasteiger partial charge in [0.05, 0.1) is 4.88 Å². The molecule has 20 heavy (non-hydrogen) atoms. The summed E-state index contributed by atoms with van der Waals surface area (Å²) in [6.45, 7) is 0.890. The third-order valence-corrected chi connectivity index (χ3v) is 3.75. The Morgan fingerprint density at radius 2 is 2.00 bits per heavy atom.